The Balaban J connectivity index is 1.95. The van der Waals surface area contributed by atoms with Gasteiger partial charge in [0.25, 0.3) is 0 Å². The van der Waals surface area contributed by atoms with Gasteiger partial charge in [-0.1, -0.05) is 17.4 Å². The molecule has 0 bridgehead atoms. The Hall–Kier alpha value is -2.15. The fourth-order valence-corrected chi connectivity index (χ4v) is 1.92. The van der Waals surface area contributed by atoms with Crippen LogP contribution in [0.5, 0.6) is 5.88 Å². The van der Waals surface area contributed by atoms with Gasteiger partial charge in [0.2, 0.25) is 5.88 Å². The second-order valence-electron chi connectivity index (χ2n) is 3.40. The Morgan fingerprint density at radius 3 is 2.83 bits per heavy atom. The summed E-state index contributed by atoms with van der Waals surface area (Å²) in [6.45, 7) is 0.531. The number of anilines is 1. The normalized spacial score (nSPS) is 10.1. The van der Waals surface area contributed by atoms with E-state index in [2.05, 4.69) is 15.3 Å². The van der Waals surface area contributed by atoms with Crippen molar-refractivity contribution in [2.24, 2.45) is 0 Å². The number of nitrogens with zero attached hydrogens (tertiary/aromatic N) is 2. The van der Waals surface area contributed by atoms with Crippen LogP contribution < -0.4 is 10.1 Å². The molecule has 0 unspecified atom stereocenters. The second-order valence-corrected chi connectivity index (χ2v) is 4.43. The van der Waals surface area contributed by atoms with Crippen LogP contribution in [0, 0.1) is 0 Å². The lowest BCUT2D eigenvalue weighted by molar-refractivity contribution is 0.0702. The number of hydrogen-bond donors (Lipinski definition) is 2. The summed E-state index contributed by atoms with van der Waals surface area (Å²) in [6.07, 6.45) is 3.03. The first-order valence-corrected chi connectivity index (χ1v) is 5.92. The van der Waals surface area contributed by atoms with E-state index in [-0.39, 0.29) is 4.88 Å². The smallest absolute Gasteiger partial charge is 0.347 e. The van der Waals surface area contributed by atoms with Gasteiger partial charge in [-0.15, -0.1) is 0 Å². The van der Waals surface area contributed by atoms with Crippen molar-refractivity contribution in [1.29, 1.82) is 0 Å². The zero-order chi connectivity index (χ0) is 13.0. The Labute approximate surface area is 107 Å². The number of aromatic carboxylic acids is 1. The number of pyridine rings is 1. The first kappa shape index (κ1) is 12.3. The number of methoxy groups -OCH3 is 1. The molecule has 0 aliphatic rings. The average Bonchev–Trinajstić information content (AvgIpc) is 2.86. The van der Waals surface area contributed by atoms with Crippen molar-refractivity contribution >= 4 is 22.4 Å². The fraction of sp³-hybridized carbons (Fsp3) is 0.182. The minimum atomic E-state index is -0.966. The number of nitrogens with one attached hydrogen (secondary N) is 1. The minimum Gasteiger partial charge on any atom is -0.481 e. The molecule has 0 atom stereocenters. The van der Waals surface area contributed by atoms with Gasteiger partial charge in [-0.25, -0.2) is 14.8 Å². The fourth-order valence-electron chi connectivity index (χ4n) is 1.27. The summed E-state index contributed by atoms with van der Waals surface area (Å²) in [5, 5.41) is 12.4. The first-order valence-electron chi connectivity index (χ1n) is 5.11. The van der Waals surface area contributed by atoms with Crippen LogP contribution in [0.2, 0.25) is 0 Å². The standard InChI is InChI=1S/C11H11N3O3S/c1-17-9-3-2-7(4-12-9)5-13-11-14-6-8(18-11)10(15)16/h2-4,6H,5H2,1H3,(H,13,14)(H,15,16). The van der Waals surface area contributed by atoms with Gasteiger partial charge in [0, 0.05) is 18.8 Å². The number of carboxylic acid groups (broad SMARTS) is 1. The molecule has 7 heteroatoms. The molecule has 0 aliphatic heterocycles. The van der Waals surface area contributed by atoms with Crippen LogP contribution >= 0.6 is 11.3 Å². The van der Waals surface area contributed by atoms with E-state index in [1.165, 1.54) is 6.20 Å². The molecule has 2 heterocycles. The molecule has 2 rings (SSSR count). The number of thiazole rings is 1. The molecule has 0 saturated carbocycles. The van der Waals surface area contributed by atoms with Gasteiger partial charge in [0.1, 0.15) is 4.88 Å². The average molecular weight is 265 g/mol. The molecule has 0 aliphatic carbocycles. The highest BCUT2D eigenvalue weighted by molar-refractivity contribution is 7.17. The molecule has 2 aromatic rings. The van der Waals surface area contributed by atoms with Crippen LogP contribution in [0.3, 0.4) is 0 Å². The molecular formula is C11H11N3O3S. The Morgan fingerprint density at radius 1 is 1.44 bits per heavy atom. The van der Waals surface area contributed by atoms with E-state index >= 15 is 0 Å². The molecule has 2 aromatic heterocycles. The molecule has 0 fully saturated rings. The van der Waals surface area contributed by atoms with E-state index < -0.39 is 5.97 Å². The van der Waals surface area contributed by atoms with E-state index in [1.54, 1.807) is 19.4 Å². The number of aromatic nitrogens is 2. The predicted molar refractivity (Wildman–Crippen MR) is 67.2 cm³/mol. The lowest BCUT2D eigenvalue weighted by atomic mass is 10.3. The molecule has 0 amide bonds. The van der Waals surface area contributed by atoms with Crippen LogP contribution in [0.1, 0.15) is 15.2 Å². The van der Waals surface area contributed by atoms with Crippen LogP contribution in [0.4, 0.5) is 5.13 Å². The summed E-state index contributed by atoms with van der Waals surface area (Å²) in [7, 11) is 1.56. The molecule has 0 radical (unpaired) electrons. The summed E-state index contributed by atoms with van der Waals surface area (Å²) in [5.41, 5.74) is 0.961. The molecule has 94 valence electrons. The lowest BCUT2D eigenvalue weighted by Crippen LogP contribution is -1.99. The van der Waals surface area contributed by atoms with Crippen LogP contribution in [0.15, 0.2) is 24.5 Å². The van der Waals surface area contributed by atoms with E-state index in [1.807, 2.05) is 6.07 Å². The maximum absolute atomic E-state index is 10.7. The molecular weight excluding hydrogens is 254 g/mol. The summed E-state index contributed by atoms with van der Waals surface area (Å²) in [4.78, 5) is 18.9. The van der Waals surface area contributed by atoms with Crippen molar-refractivity contribution < 1.29 is 14.6 Å². The number of rotatable bonds is 5. The molecule has 6 nitrogen and oxygen atoms in total. The van der Waals surface area contributed by atoms with Gasteiger partial charge >= 0.3 is 5.97 Å². The molecule has 18 heavy (non-hydrogen) atoms. The van der Waals surface area contributed by atoms with Gasteiger partial charge in [-0.05, 0) is 5.56 Å². The largest absolute Gasteiger partial charge is 0.481 e. The highest BCUT2D eigenvalue weighted by Gasteiger charge is 2.07. The zero-order valence-electron chi connectivity index (χ0n) is 9.58. The van der Waals surface area contributed by atoms with Crippen molar-refractivity contribution in [1.82, 2.24) is 9.97 Å². The van der Waals surface area contributed by atoms with E-state index in [0.29, 0.717) is 17.6 Å². The first-order chi connectivity index (χ1) is 8.69. The third-order valence-electron chi connectivity index (χ3n) is 2.17. The topological polar surface area (TPSA) is 84.3 Å². The Kier molecular flexibility index (Phi) is 3.73. The number of carbonyl (C=O) groups is 1. The highest BCUT2D eigenvalue weighted by Crippen LogP contribution is 2.18. The summed E-state index contributed by atoms with van der Waals surface area (Å²) < 4.78 is 4.95. The van der Waals surface area contributed by atoms with Gasteiger partial charge in [-0.3, -0.25) is 0 Å². The summed E-state index contributed by atoms with van der Waals surface area (Å²) >= 11 is 1.10. The highest BCUT2D eigenvalue weighted by atomic mass is 32.1. The molecule has 0 spiro atoms. The van der Waals surface area contributed by atoms with Gasteiger partial charge in [0.05, 0.1) is 13.3 Å². The number of hydrogen-bond acceptors (Lipinski definition) is 6. The van der Waals surface area contributed by atoms with Gasteiger partial charge < -0.3 is 15.2 Å². The van der Waals surface area contributed by atoms with E-state index in [0.717, 1.165) is 16.9 Å². The quantitative estimate of drug-likeness (QED) is 0.858. The SMILES string of the molecule is COc1ccc(CNc2ncc(C(=O)O)s2)cn1. The third-order valence-corrected chi connectivity index (χ3v) is 3.11. The monoisotopic (exact) mass is 265 g/mol. The number of ether oxygens (including phenoxy) is 1. The van der Waals surface area contributed by atoms with Crippen LogP contribution in [-0.4, -0.2) is 28.2 Å². The van der Waals surface area contributed by atoms with Crippen molar-refractivity contribution in [3.8, 4) is 5.88 Å². The van der Waals surface area contributed by atoms with Crippen LogP contribution in [0.25, 0.3) is 0 Å². The van der Waals surface area contributed by atoms with Crippen molar-refractivity contribution in [3.05, 3.63) is 35.0 Å². The van der Waals surface area contributed by atoms with E-state index in [4.69, 9.17) is 9.84 Å². The molecule has 0 saturated heterocycles. The maximum atomic E-state index is 10.7. The third kappa shape index (κ3) is 2.95. The van der Waals surface area contributed by atoms with Crippen molar-refractivity contribution in [2.75, 3.05) is 12.4 Å². The van der Waals surface area contributed by atoms with Gasteiger partial charge in [-0.2, -0.15) is 0 Å². The minimum absolute atomic E-state index is 0.213. The van der Waals surface area contributed by atoms with Gasteiger partial charge in [0.15, 0.2) is 5.13 Å². The van der Waals surface area contributed by atoms with Crippen molar-refractivity contribution in [2.45, 2.75) is 6.54 Å². The number of carboxylic acids is 1. The summed E-state index contributed by atoms with van der Waals surface area (Å²) in [5.74, 6) is -0.409. The van der Waals surface area contributed by atoms with E-state index in [9.17, 15) is 4.79 Å². The Bertz CT molecular complexity index is 539. The predicted octanol–water partition coefficient (Wildman–Crippen LogP) is 1.86. The van der Waals surface area contributed by atoms with Crippen molar-refractivity contribution in [3.63, 3.8) is 0 Å². The Morgan fingerprint density at radius 2 is 2.28 bits per heavy atom. The molecule has 2 N–H and O–H groups in total. The zero-order valence-corrected chi connectivity index (χ0v) is 10.4. The second kappa shape index (κ2) is 5.46. The molecule has 0 aromatic carbocycles. The summed E-state index contributed by atoms with van der Waals surface area (Å²) in [6, 6.07) is 3.64. The lowest BCUT2D eigenvalue weighted by Gasteiger charge is -2.03. The van der Waals surface area contributed by atoms with Crippen LogP contribution in [-0.2, 0) is 6.54 Å². The maximum Gasteiger partial charge on any atom is 0.347 e.